The Morgan fingerprint density at radius 1 is 0.962 bits per heavy atom. The van der Waals surface area contributed by atoms with Crippen LogP contribution in [-0.2, 0) is 13.0 Å². The Balaban J connectivity index is 0.00000168. The third-order valence-electron chi connectivity index (χ3n) is 5.46. The van der Waals surface area contributed by atoms with Crippen molar-refractivity contribution in [3.05, 3.63) is 70.1 Å². The standard InChI is InChI=1S/C21H19NO2S.BrH/c23-17-8-13-6-7-16-21(14(13)9-18(17)24)15-10-19(25-20(15)11-22-16)12-4-2-1-3-5-12;/h1-5,8-10,16,21-24H,6-7,11H2;1H/t16-,21+;/m0./s1. The third-order valence-corrected chi connectivity index (χ3v) is 6.66. The second-order valence-corrected chi connectivity index (χ2v) is 8.04. The van der Waals surface area contributed by atoms with Crippen molar-refractivity contribution in [1.29, 1.82) is 0 Å². The average molecular weight is 430 g/mol. The van der Waals surface area contributed by atoms with Crippen LogP contribution >= 0.6 is 28.3 Å². The maximum absolute atomic E-state index is 10.0. The van der Waals surface area contributed by atoms with Crippen LogP contribution in [0.15, 0.2) is 48.5 Å². The van der Waals surface area contributed by atoms with Crippen molar-refractivity contribution in [2.75, 3.05) is 0 Å². The van der Waals surface area contributed by atoms with E-state index in [1.165, 1.54) is 20.9 Å². The van der Waals surface area contributed by atoms with Crippen LogP contribution in [0.3, 0.4) is 0 Å². The second kappa shape index (κ2) is 6.72. The number of phenols is 2. The number of nitrogens with one attached hydrogen (secondary N) is 1. The van der Waals surface area contributed by atoms with Crippen molar-refractivity contribution < 1.29 is 10.2 Å². The van der Waals surface area contributed by atoms with Gasteiger partial charge in [0.1, 0.15) is 0 Å². The first-order valence-electron chi connectivity index (χ1n) is 8.67. The van der Waals surface area contributed by atoms with Crippen LogP contribution in [0.4, 0.5) is 0 Å². The molecule has 1 aromatic heterocycles. The minimum absolute atomic E-state index is 0. The average Bonchev–Trinajstić information content (AvgIpc) is 3.07. The normalized spacial score (nSPS) is 20.5. The number of benzene rings is 2. The maximum atomic E-state index is 10.0. The number of halogens is 1. The highest BCUT2D eigenvalue weighted by Crippen LogP contribution is 2.47. The Labute approximate surface area is 167 Å². The first-order valence-corrected chi connectivity index (χ1v) is 9.48. The van der Waals surface area contributed by atoms with Crippen LogP contribution < -0.4 is 5.32 Å². The van der Waals surface area contributed by atoms with Gasteiger partial charge in [-0.3, -0.25) is 0 Å². The number of thiophene rings is 1. The van der Waals surface area contributed by atoms with E-state index in [0.717, 1.165) is 30.5 Å². The number of phenolic OH excluding ortho intramolecular Hbond substituents is 2. The molecule has 3 aromatic rings. The van der Waals surface area contributed by atoms with Gasteiger partial charge in [0.15, 0.2) is 11.5 Å². The van der Waals surface area contributed by atoms with Gasteiger partial charge in [0, 0.05) is 28.3 Å². The Bertz CT molecular complexity index is 954. The molecule has 0 saturated heterocycles. The van der Waals surface area contributed by atoms with E-state index in [1.54, 1.807) is 12.1 Å². The summed E-state index contributed by atoms with van der Waals surface area (Å²) in [6.07, 6.45) is 1.99. The highest BCUT2D eigenvalue weighted by Gasteiger charge is 2.36. The summed E-state index contributed by atoms with van der Waals surface area (Å²) in [5.74, 6) is 0.203. The molecule has 0 saturated carbocycles. The second-order valence-electron chi connectivity index (χ2n) is 6.90. The molecule has 2 aromatic carbocycles. The van der Waals surface area contributed by atoms with Crippen molar-refractivity contribution in [3.63, 3.8) is 0 Å². The van der Waals surface area contributed by atoms with Crippen LogP contribution in [0.2, 0.25) is 0 Å². The van der Waals surface area contributed by atoms with Gasteiger partial charge in [0.25, 0.3) is 0 Å². The fourth-order valence-corrected chi connectivity index (χ4v) is 5.42. The number of fused-ring (bicyclic) bond motifs is 5. The maximum Gasteiger partial charge on any atom is 0.157 e. The fourth-order valence-electron chi connectivity index (χ4n) is 4.25. The number of hydrogen-bond acceptors (Lipinski definition) is 4. The summed E-state index contributed by atoms with van der Waals surface area (Å²) in [6.45, 7) is 0.910. The Morgan fingerprint density at radius 3 is 2.54 bits per heavy atom. The van der Waals surface area contributed by atoms with Crippen LogP contribution in [0.1, 0.15) is 33.9 Å². The molecule has 0 fully saturated rings. The molecule has 0 amide bonds. The molecule has 134 valence electrons. The summed E-state index contributed by atoms with van der Waals surface area (Å²) in [4.78, 5) is 2.67. The summed E-state index contributed by atoms with van der Waals surface area (Å²) < 4.78 is 0. The molecule has 2 heterocycles. The molecule has 3 nitrogen and oxygen atoms in total. The molecule has 0 spiro atoms. The first kappa shape index (κ1) is 17.6. The lowest BCUT2D eigenvalue weighted by atomic mass is 9.74. The molecule has 2 atom stereocenters. The molecule has 5 heteroatoms. The largest absolute Gasteiger partial charge is 0.504 e. The highest BCUT2D eigenvalue weighted by atomic mass is 79.9. The van der Waals surface area contributed by atoms with Gasteiger partial charge in [0.05, 0.1) is 0 Å². The van der Waals surface area contributed by atoms with Gasteiger partial charge in [0.2, 0.25) is 0 Å². The van der Waals surface area contributed by atoms with Gasteiger partial charge in [-0.2, -0.15) is 0 Å². The van der Waals surface area contributed by atoms with Crippen molar-refractivity contribution >= 4 is 28.3 Å². The molecule has 1 aliphatic carbocycles. The zero-order valence-corrected chi connectivity index (χ0v) is 16.6. The van der Waals surface area contributed by atoms with Gasteiger partial charge in [-0.15, -0.1) is 28.3 Å². The van der Waals surface area contributed by atoms with E-state index in [2.05, 4.69) is 35.6 Å². The van der Waals surface area contributed by atoms with Gasteiger partial charge in [-0.05, 0) is 53.3 Å². The molecule has 26 heavy (non-hydrogen) atoms. The summed E-state index contributed by atoms with van der Waals surface area (Å²) in [5, 5.41) is 23.6. The molecule has 3 N–H and O–H groups in total. The van der Waals surface area contributed by atoms with Gasteiger partial charge in [-0.1, -0.05) is 30.3 Å². The first-order chi connectivity index (χ1) is 12.2. The lowest BCUT2D eigenvalue weighted by Crippen LogP contribution is -2.41. The predicted octanol–water partition coefficient (Wildman–Crippen LogP) is 4.95. The fraction of sp³-hybridized carbons (Fsp3) is 0.238. The minimum atomic E-state index is -0.0231. The van der Waals surface area contributed by atoms with Crippen LogP contribution in [0, 0.1) is 0 Å². The number of aromatic hydroxyl groups is 2. The van der Waals surface area contributed by atoms with Crippen molar-refractivity contribution in [1.82, 2.24) is 5.32 Å². The van der Waals surface area contributed by atoms with E-state index >= 15 is 0 Å². The monoisotopic (exact) mass is 429 g/mol. The van der Waals surface area contributed by atoms with Crippen LogP contribution in [0.25, 0.3) is 10.4 Å². The quantitative estimate of drug-likeness (QED) is 0.479. The predicted molar refractivity (Wildman–Crippen MR) is 111 cm³/mol. The van der Waals surface area contributed by atoms with Crippen molar-refractivity contribution in [2.24, 2.45) is 0 Å². The zero-order valence-electron chi connectivity index (χ0n) is 14.1. The molecule has 0 bridgehead atoms. The van der Waals surface area contributed by atoms with Crippen LogP contribution in [-0.4, -0.2) is 16.3 Å². The molecular formula is C21H20BrNO2S. The molecule has 0 radical (unpaired) electrons. The van der Waals surface area contributed by atoms with Crippen molar-refractivity contribution in [3.8, 4) is 21.9 Å². The molecule has 1 aliphatic heterocycles. The lowest BCUT2D eigenvalue weighted by Gasteiger charge is -2.38. The van der Waals surface area contributed by atoms with E-state index in [4.69, 9.17) is 0 Å². The Kier molecular flexibility index (Phi) is 4.55. The number of aryl methyl sites for hydroxylation is 1. The smallest absolute Gasteiger partial charge is 0.157 e. The summed E-state index contributed by atoms with van der Waals surface area (Å²) >= 11 is 1.85. The van der Waals surface area contributed by atoms with E-state index in [-0.39, 0.29) is 34.4 Å². The van der Waals surface area contributed by atoms with Crippen molar-refractivity contribution in [2.45, 2.75) is 31.3 Å². The van der Waals surface area contributed by atoms with E-state index in [9.17, 15) is 10.2 Å². The zero-order chi connectivity index (χ0) is 17.0. The molecular weight excluding hydrogens is 410 g/mol. The molecule has 0 unspecified atom stereocenters. The topological polar surface area (TPSA) is 52.5 Å². The highest BCUT2D eigenvalue weighted by molar-refractivity contribution is 8.93. The van der Waals surface area contributed by atoms with E-state index in [1.807, 2.05) is 17.4 Å². The summed E-state index contributed by atoms with van der Waals surface area (Å²) in [7, 11) is 0. The van der Waals surface area contributed by atoms with Crippen LogP contribution in [0.5, 0.6) is 11.5 Å². The summed E-state index contributed by atoms with van der Waals surface area (Å²) in [5.41, 5.74) is 4.93. The van der Waals surface area contributed by atoms with Gasteiger partial charge < -0.3 is 15.5 Å². The third kappa shape index (κ3) is 2.75. The Morgan fingerprint density at radius 2 is 1.73 bits per heavy atom. The summed E-state index contributed by atoms with van der Waals surface area (Å²) in [6, 6.07) is 16.7. The minimum Gasteiger partial charge on any atom is -0.504 e. The van der Waals surface area contributed by atoms with Gasteiger partial charge in [-0.25, -0.2) is 0 Å². The van der Waals surface area contributed by atoms with E-state index in [0.29, 0.717) is 6.04 Å². The lowest BCUT2D eigenvalue weighted by molar-refractivity contribution is 0.382. The molecule has 5 rings (SSSR count). The number of rotatable bonds is 1. The van der Waals surface area contributed by atoms with E-state index < -0.39 is 0 Å². The Hall–Kier alpha value is -1.82. The molecule has 2 aliphatic rings. The number of hydrogen-bond donors (Lipinski definition) is 3. The van der Waals surface area contributed by atoms with Gasteiger partial charge >= 0.3 is 0 Å². The SMILES string of the molecule is Br.Oc1cc2c(cc1O)[C@@H]1c3cc(-c4ccccc4)sc3CN[C@H]1CC2.